The fourth-order valence-electron chi connectivity index (χ4n) is 4.26. The molecule has 1 saturated carbocycles. The maximum atomic E-state index is 11.4. The van der Waals surface area contributed by atoms with Crippen molar-refractivity contribution in [2.75, 3.05) is 14.2 Å². The molecule has 1 aliphatic heterocycles. The summed E-state index contributed by atoms with van der Waals surface area (Å²) < 4.78 is 11.1. The second kappa shape index (κ2) is 7.35. The standard InChI is InChI=1S/C22H22ClNO3/c1-26-19-11-16-15-5-3-4-6-18(15)24-21(17(16)12-20(19)27-2)13-7-9-14(10-8-13)22(23)25/h7-12,15,18H,3-6H2,1-2H3/t15-,18+/m0/s1. The molecule has 27 heavy (non-hydrogen) atoms. The van der Waals surface area contributed by atoms with Crippen LogP contribution in [0, 0.1) is 0 Å². The number of hydrogen-bond donors (Lipinski definition) is 0. The summed E-state index contributed by atoms with van der Waals surface area (Å²) in [5.74, 6) is 1.87. The molecule has 0 aromatic heterocycles. The SMILES string of the molecule is COc1cc2c(cc1OC)[C@@H]1CCCC[C@H]1N=C2c1ccc(C(=O)Cl)cc1. The minimum Gasteiger partial charge on any atom is -0.493 e. The Kier molecular flexibility index (Phi) is 4.92. The van der Waals surface area contributed by atoms with Crippen LogP contribution in [0.3, 0.4) is 0 Å². The number of nitrogens with zero attached hydrogens (tertiary/aromatic N) is 1. The average molecular weight is 384 g/mol. The van der Waals surface area contributed by atoms with E-state index in [1.165, 1.54) is 18.4 Å². The predicted molar refractivity (Wildman–Crippen MR) is 107 cm³/mol. The fourth-order valence-corrected chi connectivity index (χ4v) is 4.39. The highest BCUT2D eigenvalue weighted by Gasteiger charge is 2.34. The van der Waals surface area contributed by atoms with Crippen molar-refractivity contribution in [3.05, 3.63) is 58.7 Å². The van der Waals surface area contributed by atoms with Crippen LogP contribution in [0.15, 0.2) is 41.4 Å². The molecule has 0 saturated heterocycles. The van der Waals surface area contributed by atoms with Crippen LogP contribution in [-0.2, 0) is 0 Å². The van der Waals surface area contributed by atoms with E-state index in [2.05, 4.69) is 6.07 Å². The van der Waals surface area contributed by atoms with Gasteiger partial charge in [-0.2, -0.15) is 0 Å². The zero-order chi connectivity index (χ0) is 19.0. The molecule has 2 atom stereocenters. The van der Waals surface area contributed by atoms with Gasteiger partial charge >= 0.3 is 0 Å². The van der Waals surface area contributed by atoms with Gasteiger partial charge in [-0.1, -0.05) is 25.0 Å². The van der Waals surface area contributed by atoms with Crippen LogP contribution in [0.2, 0.25) is 0 Å². The number of carbonyl (C=O) groups is 1. The molecule has 2 aromatic carbocycles. The molecule has 0 unspecified atom stereocenters. The summed E-state index contributed by atoms with van der Waals surface area (Å²) in [6.45, 7) is 0. The Morgan fingerprint density at radius 2 is 1.70 bits per heavy atom. The van der Waals surface area contributed by atoms with Gasteiger partial charge < -0.3 is 9.47 Å². The number of methoxy groups -OCH3 is 2. The smallest absolute Gasteiger partial charge is 0.252 e. The van der Waals surface area contributed by atoms with E-state index >= 15 is 0 Å². The second-order valence-corrected chi connectivity index (χ2v) is 7.42. The van der Waals surface area contributed by atoms with Crippen LogP contribution in [0.4, 0.5) is 0 Å². The zero-order valence-corrected chi connectivity index (χ0v) is 16.3. The molecule has 4 nitrogen and oxygen atoms in total. The molecule has 0 spiro atoms. The normalized spacial score (nSPS) is 20.9. The maximum Gasteiger partial charge on any atom is 0.252 e. The highest BCUT2D eigenvalue weighted by Crippen LogP contribution is 2.44. The van der Waals surface area contributed by atoms with E-state index in [1.807, 2.05) is 18.2 Å². The maximum absolute atomic E-state index is 11.4. The first-order valence-electron chi connectivity index (χ1n) is 9.26. The van der Waals surface area contributed by atoms with E-state index in [0.717, 1.165) is 35.4 Å². The lowest BCUT2D eigenvalue weighted by atomic mass is 9.75. The molecule has 0 amide bonds. The molecule has 0 bridgehead atoms. The molecule has 0 radical (unpaired) electrons. The summed E-state index contributed by atoms with van der Waals surface area (Å²) in [4.78, 5) is 16.5. The Balaban J connectivity index is 1.86. The van der Waals surface area contributed by atoms with Crippen LogP contribution in [0.5, 0.6) is 11.5 Å². The molecule has 1 heterocycles. The van der Waals surface area contributed by atoms with Gasteiger partial charge in [0.1, 0.15) is 0 Å². The van der Waals surface area contributed by atoms with E-state index in [0.29, 0.717) is 17.2 Å². The third-order valence-corrected chi connectivity index (χ3v) is 5.84. The molecule has 5 heteroatoms. The van der Waals surface area contributed by atoms with Crippen molar-refractivity contribution in [2.24, 2.45) is 4.99 Å². The number of ether oxygens (including phenoxy) is 2. The molecule has 2 aromatic rings. The molecular weight excluding hydrogens is 362 g/mol. The van der Waals surface area contributed by atoms with E-state index in [4.69, 9.17) is 26.1 Å². The Labute approximate surface area is 164 Å². The Hall–Kier alpha value is -2.33. The van der Waals surface area contributed by atoms with E-state index in [-0.39, 0.29) is 6.04 Å². The van der Waals surface area contributed by atoms with Crippen LogP contribution >= 0.6 is 11.6 Å². The number of halogens is 1. The van der Waals surface area contributed by atoms with Crippen LogP contribution in [-0.4, -0.2) is 31.2 Å². The highest BCUT2D eigenvalue weighted by molar-refractivity contribution is 6.67. The van der Waals surface area contributed by atoms with Crippen molar-refractivity contribution in [2.45, 2.75) is 37.6 Å². The van der Waals surface area contributed by atoms with Gasteiger partial charge in [-0.25, -0.2) is 0 Å². The summed E-state index contributed by atoms with van der Waals surface area (Å²) in [7, 11) is 3.32. The lowest BCUT2D eigenvalue weighted by Crippen LogP contribution is -2.29. The second-order valence-electron chi connectivity index (χ2n) is 7.08. The fraction of sp³-hybridized carbons (Fsp3) is 0.364. The molecule has 1 fully saturated rings. The molecule has 4 rings (SSSR count). The Morgan fingerprint density at radius 3 is 2.37 bits per heavy atom. The third kappa shape index (κ3) is 3.23. The van der Waals surface area contributed by atoms with Gasteiger partial charge in [0.15, 0.2) is 11.5 Å². The van der Waals surface area contributed by atoms with Crippen LogP contribution in [0.25, 0.3) is 0 Å². The first-order chi connectivity index (χ1) is 13.1. The van der Waals surface area contributed by atoms with Crippen molar-refractivity contribution in [3.8, 4) is 11.5 Å². The third-order valence-electron chi connectivity index (χ3n) is 5.62. The number of aliphatic imine (C=N–C) groups is 1. The van der Waals surface area contributed by atoms with Gasteiger partial charge in [0.25, 0.3) is 5.24 Å². The van der Waals surface area contributed by atoms with Crippen molar-refractivity contribution >= 4 is 22.6 Å². The van der Waals surface area contributed by atoms with Gasteiger partial charge in [0, 0.05) is 22.6 Å². The van der Waals surface area contributed by atoms with Gasteiger partial charge in [-0.15, -0.1) is 0 Å². The molecular formula is C22H22ClNO3. The summed E-state index contributed by atoms with van der Waals surface area (Å²) >= 11 is 5.59. The Bertz CT molecular complexity index is 905. The minimum absolute atomic E-state index is 0.286. The first kappa shape index (κ1) is 18.1. The summed E-state index contributed by atoms with van der Waals surface area (Å²) in [6.07, 6.45) is 4.68. The number of benzene rings is 2. The first-order valence-corrected chi connectivity index (χ1v) is 9.64. The lowest BCUT2D eigenvalue weighted by Gasteiger charge is -2.35. The predicted octanol–water partition coefficient (Wildman–Crippen LogP) is 4.96. The van der Waals surface area contributed by atoms with Gasteiger partial charge in [0.05, 0.1) is 26.0 Å². The summed E-state index contributed by atoms with van der Waals surface area (Å²) in [5.41, 5.74) is 4.78. The van der Waals surface area contributed by atoms with Crippen molar-refractivity contribution < 1.29 is 14.3 Å². The molecule has 1 aliphatic carbocycles. The largest absolute Gasteiger partial charge is 0.493 e. The topological polar surface area (TPSA) is 47.9 Å². The minimum atomic E-state index is -0.453. The lowest BCUT2D eigenvalue weighted by molar-refractivity contribution is 0.108. The summed E-state index contributed by atoms with van der Waals surface area (Å²) in [6, 6.07) is 11.8. The van der Waals surface area contributed by atoms with E-state index in [1.54, 1.807) is 26.4 Å². The van der Waals surface area contributed by atoms with Gasteiger partial charge in [-0.05, 0) is 54.3 Å². The molecule has 0 N–H and O–H groups in total. The van der Waals surface area contributed by atoms with Crippen molar-refractivity contribution in [1.29, 1.82) is 0 Å². The van der Waals surface area contributed by atoms with E-state index < -0.39 is 5.24 Å². The highest BCUT2D eigenvalue weighted by atomic mass is 35.5. The quantitative estimate of drug-likeness (QED) is 0.701. The number of rotatable bonds is 4. The zero-order valence-electron chi connectivity index (χ0n) is 15.5. The van der Waals surface area contributed by atoms with E-state index in [9.17, 15) is 4.79 Å². The average Bonchev–Trinajstić information content (AvgIpc) is 2.72. The molecule has 2 aliphatic rings. The number of fused-ring (bicyclic) bond motifs is 3. The Morgan fingerprint density at radius 1 is 1.04 bits per heavy atom. The number of hydrogen-bond acceptors (Lipinski definition) is 4. The van der Waals surface area contributed by atoms with Crippen molar-refractivity contribution in [1.82, 2.24) is 0 Å². The van der Waals surface area contributed by atoms with Crippen LogP contribution in [0.1, 0.15) is 58.6 Å². The van der Waals surface area contributed by atoms with Gasteiger partial charge in [-0.3, -0.25) is 9.79 Å². The van der Waals surface area contributed by atoms with Crippen LogP contribution < -0.4 is 9.47 Å². The van der Waals surface area contributed by atoms with Crippen molar-refractivity contribution in [3.63, 3.8) is 0 Å². The monoisotopic (exact) mass is 383 g/mol. The van der Waals surface area contributed by atoms with Gasteiger partial charge in [0.2, 0.25) is 0 Å². The number of carbonyl (C=O) groups excluding carboxylic acids is 1. The molecule has 140 valence electrons. The summed E-state index contributed by atoms with van der Waals surface area (Å²) in [5, 5.41) is -0.453.